The lowest BCUT2D eigenvalue weighted by molar-refractivity contribution is -0.176. The molecule has 2 rings (SSSR count). The summed E-state index contributed by atoms with van der Waals surface area (Å²) in [6, 6.07) is 0. The van der Waals surface area contributed by atoms with Gasteiger partial charge in [0.2, 0.25) is 0 Å². The third-order valence-electron chi connectivity index (χ3n) is 5.18. The molecule has 144 valence electrons. The van der Waals surface area contributed by atoms with Gasteiger partial charge < -0.3 is 9.47 Å². The average molecular weight is 354 g/mol. The normalized spacial score (nSPS) is 26.6. The van der Waals surface area contributed by atoms with E-state index in [1.807, 2.05) is 41.5 Å². The van der Waals surface area contributed by atoms with Crippen LogP contribution in [0.2, 0.25) is 0 Å². The number of hydrogen-bond acceptors (Lipinski definition) is 5. The van der Waals surface area contributed by atoms with Gasteiger partial charge in [-0.1, -0.05) is 19.3 Å². The molecule has 1 amide bonds. The molecule has 1 aliphatic heterocycles. The van der Waals surface area contributed by atoms with Gasteiger partial charge in [0.15, 0.2) is 5.66 Å². The number of likely N-dealkylation sites (tertiary alicyclic amines) is 1. The molecule has 25 heavy (non-hydrogen) atoms. The van der Waals surface area contributed by atoms with Crippen molar-refractivity contribution in [2.45, 2.75) is 96.9 Å². The fourth-order valence-corrected chi connectivity index (χ4v) is 4.07. The number of nitrogens with zero attached hydrogens (tertiary/aromatic N) is 1. The minimum atomic E-state index is -1.47. The zero-order valence-corrected chi connectivity index (χ0v) is 16.6. The molecule has 1 unspecified atom stereocenters. The number of carbonyl (C=O) groups is 2. The molecule has 2 N–H and O–H groups in total. The second kappa shape index (κ2) is 6.45. The van der Waals surface area contributed by atoms with Crippen LogP contribution in [0, 0.1) is 5.41 Å². The Labute approximate surface area is 151 Å². The van der Waals surface area contributed by atoms with Crippen molar-refractivity contribution in [2.24, 2.45) is 11.1 Å². The SMILES string of the molecule is CC(C)(C)OC(=O)N1CCC2(CCCCC2)C1(N)C(=O)OC(C)(C)C. The molecule has 0 aromatic heterocycles. The van der Waals surface area contributed by atoms with E-state index >= 15 is 0 Å². The van der Waals surface area contributed by atoms with Crippen LogP contribution >= 0.6 is 0 Å². The molecule has 1 saturated carbocycles. The van der Waals surface area contributed by atoms with Gasteiger partial charge in [-0.3, -0.25) is 10.6 Å². The molecule has 1 atom stereocenters. The van der Waals surface area contributed by atoms with Gasteiger partial charge in [-0.15, -0.1) is 0 Å². The summed E-state index contributed by atoms with van der Waals surface area (Å²) in [7, 11) is 0. The van der Waals surface area contributed by atoms with E-state index in [0.717, 1.165) is 32.1 Å². The minimum Gasteiger partial charge on any atom is -0.457 e. The van der Waals surface area contributed by atoms with E-state index in [9.17, 15) is 9.59 Å². The van der Waals surface area contributed by atoms with E-state index in [4.69, 9.17) is 15.2 Å². The van der Waals surface area contributed by atoms with Crippen molar-refractivity contribution in [3.63, 3.8) is 0 Å². The molecule has 1 aliphatic carbocycles. The summed E-state index contributed by atoms with van der Waals surface area (Å²) in [4.78, 5) is 27.3. The summed E-state index contributed by atoms with van der Waals surface area (Å²) < 4.78 is 11.2. The Hall–Kier alpha value is -1.30. The molecule has 6 heteroatoms. The predicted molar refractivity (Wildman–Crippen MR) is 95.8 cm³/mol. The van der Waals surface area contributed by atoms with Crippen LogP contribution in [0.1, 0.15) is 80.1 Å². The first kappa shape index (κ1) is 20.0. The molecule has 2 aliphatic rings. The minimum absolute atomic E-state index is 0.421. The van der Waals surface area contributed by atoms with E-state index < -0.39 is 34.3 Å². The van der Waals surface area contributed by atoms with Crippen molar-refractivity contribution in [3.8, 4) is 0 Å². The quantitative estimate of drug-likeness (QED) is 0.728. The smallest absolute Gasteiger partial charge is 0.412 e. The third kappa shape index (κ3) is 3.94. The van der Waals surface area contributed by atoms with Crippen molar-refractivity contribution in [3.05, 3.63) is 0 Å². The monoisotopic (exact) mass is 354 g/mol. The average Bonchev–Trinajstić information content (AvgIpc) is 2.71. The molecular formula is C19H34N2O4. The van der Waals surface area contributed by atoms with E-state index in [2.05, 4.69) is 0 Å². The highest BCUT2D eigenvalue weighted by Gasteiger charge is 2.65. The molecule has 0 aromatic carbocycles. The molecular weight excluding hydrogens is 320 g/mol. The lowest BCUT2D eigenvalue weighted by Crippen LogP contribution is -2.69. The van der Waals surface area contributed by atoms with Gasteiger partial charge in [0.05, 0.1) is 0 Å². The van der Waals surface area contributed by atoms with Crippen LogP contribution in [0.3, 0.4) is 0 Å². The fourth-order valence-electron chi connectivity index (χ4n) is 4.07. The summed E-state index contributed by atoms with van der Waals surface area (Å²) in [5.41, 5.74) is 3.53. The highest BCUT2D eigenvalue weighted by Crippen LogP contribution is 2.53. The Kier molecular flexibility index (Phi) is 5.17. The number of amides is 1. The van der Waals surface area contributed by atoms with Crippen molar-refractivity contribution in [1.29, 1.82) is 0 Å². The van der Waals surface area contributed by atoms with Gasteiger partial charge in [0.1, 0.15) is 11.2 Å². The molecule has 1 heterocycles. The Bertz CT molecular complexity index is 527. The lowest BCUT2D eigenvalue weighted by atomic mass is 9.65. The first-order valence-corrected chi connectivity index (χ1v) is 9.34. The Balaban J connectivity index is 2.39. The lowest BCUT2D eigenvalue weighted by Gasteiger charge is -2.47. The number of carbonyl (C=O) groups excluding carboxylic acids is 2. The van der Waals surface area contributed by atoms with Crippen molar-refractivity contribution in [1.82, 2.24) is 4.90 Å². The first-order valence-electron chi connectivity index (χ1n) is 9.34. The van der Waals surface area contributed by atoms with Crippen molar-refractivity contribution < 1.29 is 19.1 Å². The molecule has 0 radical (unpaired) electrons. The maximum absolute atomic E-state index is 13.1. The van der Waals surface area contributed by atoms with E-state index in [1.165, 1.54) is 4.90 Å². The molecule has 1 spiro atoms. The van der Waals surface area contributed by atoms with Crippen LogP contribution in [-0.2, 0) is 14.3 Å². The highest BCUT2D eigenvalue weighted by molar-refractivity contribution is 5.87. The maximum atomic E-state index is 13.1. The molecule has 0 bridgehead atoms. The molecule has 1 saturated heterocycles. The van der Waals surface area contributed by atoms with Crippen molar-refractivity contribution >= 4 is 12.1 Å². The van der Waals surface area contributed by atoms with Gasteiger partial charge in [0.25, 0.3) is 0 Å². The van der Waals surface area contributed by atoms with Crippen LogP contribution in [0.15, 0.2) is 0 Å². The van der Waals surface area contributed by atoms with Gasteiger partial charge in [-0.2, -0.15) is 0 Å². The van der Waals surface area contributed by atoms with Crippen LogP contribution in [0.4, 0.5) is 4.79 Å². The van der Waals surface area contributed by atoms with E-state index in [-0.39, 0.29) is 0 Å². The third-order valence-corrected chi connectivity index (χ3v) is 5.18. The Morgan fingerprint density at radius 2 is 1.40 bits per heavy atom. The highest BCUT2D eigenvalue weighted by atomic mass is 16.6. The predicted octanol–water partition coefficient (Wildman–Crippen LogP) is 3.57. The summed E-state index contributed by atoms with van der Waals surface area (Å²) >= 11 is 0. The zero-order chi connectivity index (χ0) is 19.1. The van der Waals surface area contributed by atoms with Crippen LogP contribution in [0.5, 0.6) is 0 Å². The summed E-state index contributed by atoms with van der Waals surface area (Å²) in [5.74, 6) is -0.523. The van der Waals surface area contributed by atoms with Crippen LogP contribution in [0.25, 0.3) is 0 Å². The Morgan fingerprint density at radius 3 is 1.88 bits per heavy atom. The van der Waals surface area contributed by atoms with E-state index in [0.29, 0.717) is 13.0 Å². The molecule has 0 aromatic rings. The standard InChI is InChI=1S/C19H34N2O4/c1-16(2,3)24-14(22)19(20)18(10-8-7-9-11-18)12-13-21(19)15(23)25-17(4,5)6/h7-13,20H2,1-6H3. The second-order valence-corrected chi connectivity index (χ2v) is 9.49. The molecule has 2 fully saturated rings. The number of ether oxygens (including phenoxy) is 2. The molecule has 6 nitrogen and oxygen atoms in total. The first-order chi connectivity index (χ1) is 11.3. The summed E-state index contributed by atoms with van der Waals surface area (Å²) in [5, 5.41) is 0. The van der Waals surface area contributed by atoms with Gasteiger partial charge in [0, 0.05) is 12.0 Å². The Morgan fingerprint density at radius 1 is 0.880 bits per heavy atom. The number of hydrogen-bond donors (Lipinski definition) is 1. The summed E-state index contributed by atoms with van der Waals surface area (Å²) in [6.07, 6.45) is 5.02. The van der Waals surface area contributed by atoms with Crippen molar-refractivity contribution in [2.75, 3.05) is 6.54 Å². The summed E-state index contributed by atoms with van der Waals surface area (Å²) in [6.45, 7) is 11.3. The maximum Gasteiger partial charge on any atom is 0.412 e. The van der Waals surface area contributed by atoms with Gasteiger partial charge in [-0.05, 0) is 60.8 Å². The fraction of sp³-hybridized carbons (Fsp3) is 0.895. The van der Waals surface area contributed by atoms with Gasteiger partial charge in [-0.25, -0.2) is 9.59 Å². The second-order valence-electron chi connectivity index (χ2n) is 9.49. The number of nitrogens with two attached hydrogens (primary N) is 1. The number of esters is 1. The largest absolute Gasteiger partial charge is 0.457 e. The van der Waals surface area contributed by atoms with Crippen LogP contribution in [-0.4, -0.2) is 40.4 Å². The number of rotatable bonds is 1. The van der Waals surface area contributed by atoms with Crippen LogP contribution < -0.4 is 5.73 Å². The zero-order valence-electron chi connectivity index (χ0n) is 16.6. The van der Waals surface area contributed by atoms with Gasteiger partial charge >= 0.3 is 12.1 Å². The topological polar surface area (TPSA) is 81.9 Å². The van der Waals surface area contributed by atoms with E-state index in [1.54, 1.807) is 0 Å².